The van der Waals surface area contributed by atoms with Gasteiger partial charge in [0.1, 0.15) is 0 Å². The number of carbonyl (C=O) groups excluding carboxylic acids is 1. The summed E-state index contributed by atoms with van der Waals surface area (Å²) in [6.07, 6.45) is 2.27. The minimum Gasteiger partial charge on any atom is -0.349 e. The molecule has 1 amide bonds. The van der Waals surface area contributed by atoms with Crippen LogP contribution >= 0.6 is 0 Å². The van der Waals surface area contributed by atoms with Crippen molar-refractivity contribution < 1.29 is 4.79 Å². The SMILES string of the molecule is Cc1ccccc1C(=O)NC1CC1. The Morgan fingerprint density at radius 3 is 2.69 bits per heavy atom. The molecule has 0 aliphatic heterocycles. The van der Waals surface area contributed by atoms with Gasteiger partial charge >= 0.3 is 0 Å². The lowest BCUT2D eigenvalue weighted by Crippen LogP contribution is -2.25. The standard InChI is InChI=1S/C11H13NO/c1-8-4-2-3-5-10(8)11(13)12-9-6-7-9/h2-5,9H,6-7H2,1H3,(H,12,13). The van der Waals surface area contributed by atoms with E-state index in [1.807, 2.05) is 31.2 Å². The molecule has 0 spiro atoms. The first-order chi connectivity index (χ1) is 6.27. The van der Waals surface area contributed by atoms with Gasteiger partial charge < -0.3 is 5.32 Å². The van der Waals surface area contributed by atoms with E-state index in [1.54, 1.807) is 0 Å². The summed E-state index contributed by atoms with van der Waals surface area (Å²) < 4.78 is 0. The summed E-state index contributed by atoms with van der Waals surface area (Å²) in [5.74, 6) is 0.0700. The van der Waals surface area contributed by atoms with Gasteiger partial charge in [-0.25, -0.2) is 0 Å². The average Bonchev–Trinajstić information content (AvgIpc) is 2.89. The van der Waals surface area contributed by atoms with Gasteiger partial charge in [-0.15, -0.1) is 0 Å². The Bertz CT molecular complexity index is 329. The van der Waals surface area contributed by atoms with Crippen LogP contribution in [0.1, 0.15) is 28.8 Å². The molecule has 13 heavy (non-hydrogen) atoms. The van der Waals surface area contributed by atoms with Crippen molar-refractivity contribution >= 4 is 5.91 Å². The van der Waals surface area contributed by atoms with Crippen LogP contribution in [0.15, 0.2) is 24.3 Å². The van der Waals surface area contributed by atoms with Crippen molar-refractivity contribution in [3.05, 3.63) is 35.4 Å². The summed E-state index contributed by atoms with van der Waals surface area (Å²) in [5, 5.41) is 2.97. The molecule has 1 aliphatic carbocycles. The Labute approximate surface area is 78.0 Å². The minimum absolute atomic E-state index is 0.0700. The second-order valence-electron chi connectivity index (χ2n) is 3.56. The highest BCUT2D eigenvalue weighted by Crippen LogP contribution is 2.19. The molecule has 1 saturated carbocycles. The first-order valence-electron chi connectivity index (χ1n) is 4.64. The normalized spacial score (nSPS) is 15.5. The maximum Gasteiger partial charge on any atom is 0.251 e. The van der Waals surface area contributed by atoms with Crippen LogP contribution in [0.5, 0.6) is 0 Å². The Balaban J connectivity index is 2.13. The molecule has 0 saturated heterocycles. The predicted molar refractivity (Wildman–Crippen MR) is 51.7 cm³/mol. The summed E-state index contributed by atoms with van der Waals surface area (Å²) in [7, 11) is 0. The molecule has 1 aromatic rings. The summed E-state index contributed by atoms with van der Waals surface area (Å²) in [5.41, 5.74) is 1.84. The van der Waals surface area contributed by atoms with Crippen LogP contribution in [-0.4, -0.2) is 11.9 Å². The zero-order valence-corrected chi connectivity index (χ0v) is 7.71. The Morgan fingerprint density at radius 1 is 1.38 bits per heavy atom. The van der Waals surface area contributed by atoms with E-state index in [0.29, 0.717) is 6.04 Å². The van der Waals surface area contributed by atoms with Crippen molar-refractivity contribution in [1.82, 2.24) is 5.32 Å². The lowest BCUT2D eigenvalue weighted by molar-refractivity contribution is 0.0950. The molecule has 0 aromatic heterocycles. The van der Waals surface area contributed by atoms with Gasteiger partial charge in [0.05, 0.1) is 0 Å². The van der Waals surface area contributed by atoms with Crippen LogP contribution in [0.2, 0.25) is 0 Å². The van der Waals surface area contributed by atoms with Crippen molar-refractivity contribution in [1.29, 1.82) is 0 Å². The molecule has 1 aliphatic rings. The first kappa shape index (κ1) is 8.30. The summed E-state index contributed by atoms with van der Waals surface area (Å²) >= 11 is 0. The lowest BCUT2D eigenvalue weighted by atomic mass is 10.1. The molecule has 2 nitrogen and oxygen atoms in total. The van der Waals surface area contributed by atoms with Gasteiger partial charge in [-0.1, -0.05) is 18.2 Å². The zero-order chi connectivity index (χ0) is 9.26. The molecular formula is C11H13NO. The third-order valence-electron chi connectivity index (χ3n) is 2.30. The highest BCUT2D eigenvalue weighted by atomic mass is 16.1. The molecule has 0 heterocycles. The second-order valence-corrected chi connectivity index (χ2v) is 3.56. The Kier molecular flexibility index (Phi) is 2.05. The van der Waals surface area contributed by atoms with Gasteiger partial charge in [0, 0.05) is 11.6 Å². The molecule has 1 N–H and O–H groups in total. The van der Waals surface area contributed by atoms with Gasteiger partial charge in [0.25, 0.3) is 5.91 Å². The smallest absolute Gasteiger partial charge is 0.251 e. The van der Waals surface area contributed by atoms with Crippen LogP contribution in [0.3, 0.4) is 0 Å². The van der Waals surface area contributed by atoms with Gasteiger partial charge in [-0.05, 0) is 31.4 Å². The quantitative estimate of drug-likeness (QED) is 0.730. The van der Waals surface area contributed by atoms with Crippen molar-refractivity contribution in [3.63, 3.8) is 0 Å². The third kappa shape index (κ3) is 1.89. The summed E-state index contributed by atoms with van der Waals surface area (Å²) in [6, 6.07) is 8.11. The molecule has 1 aromatic carbocycles. The van der Waals surface area contributed by atoms with E-state index < -0.39 is 0 Å². The first-order valence-corrected chi connectivity index (χ1v) is 4.64. The van der Waals surface area contributed by atoms with Crippen molar-refractivity contribution in [2.24, 2.45) is 0 Å². The van der Waals surface area contributed by atoms with Gasteiger partial charge in [-0.3, -0.25) is 4.79 Å². The fraction of sp³-hybridized carbons (Fsp3) is 0.364. The van der Waals surface area contributed by atoms with Crippen molar-refractivity contribution in [2.75, 3.05) is 0 Å². The number of hydrogen-bond donors (Lipinski definition) is 1. The topological polar surface area (TPSA) is 29.1 Å². The van der Waals surface area contributed by atoms with E-state index in [4.69, 9.17) is 0 Å². The third-order valence-corrected chi connectivity index (χ3v) is 2.30. The number of nitrogens with one attached hydrogen (secondary N) is 1. The Morgan fingerprint density at radius 2 is 2.08 bits per heavy atom. The minimum atomic E-state index is 0.0700. The number of rotatable bonds is 2. The molecule has 68 valence electrons. The van der Waals surface area contributed by atoms with Gasteiger partial charge in [0.15, 0.2) is 0 Å². The van der Waals surface area contributed by atoms with E-state index in [9.17, 15) is 4.79 Å². The van der Waals surface area contributed by atoms with Crippen LogP contribution in [0, 0.1) is 6.92 Å². The highest BCUT2D eigenvalue weighted by molar-refractivity contribution is 5.95. The monoisotopic (exact) mass is 175 g/mol. The predicted octanol–water partition coefficient (Wildman–Crippen LogP) is 1.89. The molecule has 2 rings (SSSR count). The van der Waals surface area contributed by atoms with E-state index >= 15 is 0 Å². The maximum absolute atomic E-state index is 11.6. The molecule has 0 radical (unpaired) electrons. The van der Waals surface area contributed by atoms with Gasteiger partial charge in [0.2, 0.25) is 0 Å². The summed E-state index contributed by atoms with van der Waals surface area (Å²) in [4.78, 5) is 11.6. The van der Waals surface area contributed by atoms with Crippen molar-refractivity contribution in [2.45, 2.75) is 25.8 Å². The van der Waals surface area contributed by atoms with Crippen LogP contribution in [-0.2, 0) is 0 Å². The van der Waals surface area contributed by atoms with Crippen molar-refractivity contribution in [3.8, 4) is 0 Å². The van der Waals surface area contributed by atoms with Crippen LogP contribution in [0.4, 0.5) is 0 Å². The maximum atomic E-state index is 11.6. The van der Waals surface area contributed by atoms with Crippen LogP contribution < -0.4 is 5.32 Å². The van der Waals surface area contributed by atoms with E-state index in [0.717, 1.165) is 24.0 Å². The van der Waals surface area contributed by atoms with E-state index in [2.05, 4.69) is 5.32 Å². The number of carbonyl (C=O) groups is 1. The number of benzene rings is 1. The molecule has 0 atom stereocenters. The van der Waals surface area contributed by atoms with Crippen LogP contribution in [0.25, 0.3) is 0 Å². The van der Waals surface area contributed by atoms with E-state index in [1.165, 1.54) is 0 Å². The molecule has 2 heteroatoms. The molecular weight excluding hydrogens is 162 g/mol. The average molecular weight is 175 g/mol. The van der Waals surface area contributed by atoms with Gasteiger partial charge in [-0.2, -0.15) is 0 Å². The molecule has 1 fully saturated rings. The number of amides is 1. The van der Waals surface area contributed by atoms with E-state index in [-0.39, 0.29) is 5.91 Å². The zero-order valence-electron chi connectivity index (χ0n) is 7.71. The fourth-order valence-electron chi connectivity index (χ4n) is 1.32. The summed E-state index contributed by atoms with van der Waals surface area (Å²) in [6.45, 7) is 1.96. The fourth-order valence-corrected chi connectivity index (χ4v) is 1.32. The number of aryl methyl sites for hydroxylation is 1. The molecule has 0 unspecified atom stereocenters. The lowest BCUT2D eigenvalue weighted by Gasteiger charge is -2.05. The molecule has 0 bridgehead atoms. The highest BCUT2D eigenvalue weighted by Gasteiger charge is 2.23. The second kappa shape index (κ2) is 3.21. The Hall–Kier alpha value is -1.31. The number of hydrogen-bond acceptors (Lipinski definition) is 1. The largest absolute Gasteiger partial charge is 0.349 e.